The zero-order valence-corrected chi connectivity index (χ0v) is 13.2. The van der Waals surface area contributed by atoms with Gasteiger partial charge < -0.3 is 9.84 Å². The van der Waals surface area contributed by atoms with E-state index in [0.29, 0.717) is 24.7 Å². The lowest BCUT2D eigenvalue weighted by atomic mass is 9.84. The second-order valence-electron chi connectivity index (χ2n) is 6.46. The summed E-state index contributed by atoms with van der Waals surface area (Å²) in [6.45, 7) is 11.7. The van der Waals surface area contributed by atoms with Gasteiger partial charge in [0, 0.05) is 6.92 Å². The summed E-state index contributed by atoms with van der Waals surface area (Å²) in [6.07, 6.45) is 6.75. The van der Waals surface area contributed by atoms with Crippen molar-refractivity contribution >= 4 is 5.97 Å². The van der Waals surface area contributed by atoms with E-state index in [2.05, 4.69) is 26.5 Å². The molecule has 0 aromatic rings. The molecule has 0 unspecified atom stereocenters. The Balaban J connectivity index is 2.89. The predicted octanol–water partition coefficient (Wildman–Crippen LogP) is 3.63. The molecule has 0 amide bonds. The molecule has 0 heterocycles. The minimum atomic E-state index is -0.858. The van der Waals surface area contributed by atoms with Gasteiger partial charge in [0.1, 0.15) is 6.10 Å². The van der Waals surface area contributed by atoms with E-state index in [1.807, 2.05) is 6.08 Å². The van der Waals surface area contributed by atoms with Crippen molar-refractivity contribution in [2.24, 2.45) is 11.8 Å². The number of aliphatic hydroxyl groups is 1. The third-order valence-corrected chi connectivity index (χ3v) is 4.03. The summed E-state index contributed by atoms with van der Waals surface area (Å²) in [7, 11) is 0. The maximum absolute atomic E-state index is 11.2. The Hall–Kier alpha value is -1.09. The summed E-state index contributed by atoms with van der Waals surface area (Å²) in [5, 5.41) is 10.4. The highest BCUT2D eigenvalue weighted by molar-refractivity contribution is 5.66. The predicted molar refractivity (Wildman–Crippen MR) is 81.3 cm³/mol. The minimum Gasteiger partial charge on any atom is -0.458 e. The smallest absolute Gasteiger partial charge is 0.303 e. The molecule has 0 spiro atoms. The van der Waals surface area contributed by atoms with E-state index in [9.17, 15) is 9.90 Å². The van der Waals surface area contributed by atoms with E-state index in [1.54, 1.807) is 6.92 Å². The maximum Gasteiger partial charge on any atom is 0.303 e. The minimum absolute atomic E-state index is 0.279. The second-order valence-corrected chi connectivity index (χ2v) is 6.46. The van der Waals surface area contributed by atoms with Crippen LogP contribution in [-0.2, 0) is 9.53 Å². The highest BCUT2D eigenvalue weighted by Gasteiger charge is 2.25. The first-order valence-electron chi connectivity index (χ1n) is 7.48. The fourth-order valence-electron chi connectivity index (χ4n) is 2.55. The number of esters is 1. The summed E-state index contributed by atoms with van der Waals surface area (Å²) < 4.78 is 5.35. The largest absolute Gasteiger partial charge is 0.458 e. The van der Waals surface area contributed by atoms with E-state index in [4.69, 9.17) is 4.74 Å². The molecule has 0 aliphatic heterocycles. The highest BCUT2D eigenvalue weighted by Crippen LogP contribution is 2.29. The van der Waals surface area contributed by atoms with Crippen LogP contribution in [0.15, 0.2) is 24.3 Å². The van der Waals surface area contributed by atoms with Crippen LogP contribution in [0.3, 0.4) is 0 Å². The van der Waals surface area contributed by atoms with Gasteiger partial charge in [-0.15, -0.1) is 0 Å². The van der Waals surface area contributed by atoms with Crippen molar-refractivity contribution in [1.82, 2.24) is 0 Å². The number of carbonyl (C=O) groups is 1. The molecule has 1 aliphatic carbocycles. The SMILES string of the molecule is C=C1CC[C@@H](C(C)C)C=C[C@@](C)(O)CC[C@@H]1OC(C)=O. The van der Waals surface area contributed by atoms with Crippen LogP contribution in [0.5, 0.6) is 0 Å². The van der Waals surface area contributed by atoms with Crippen LogP contribution in [0.1, 0.15) is 53.4 Å². The van der Waals surface area contributed by atoms with Gasteiger partial charge in [-0.25, -0.2) is 0 Å². The van der Waals surface area contributed by atoms with E-state index in [0.717, 1.165) is 18.4 Å². The standard InChI is InChI=1S/C17H28O3/c1-12(2)15-7-6-13(3)16(20-14(4)18)9-11-17(5,19)10-8-15/h8,10,12,15-16,19H,3,6-7,9,11H2,1-2,4-5H3/t15-,16+,17-/m1/s1. The van der Waals surface area contributed by atoms with Crippen molar-refractivity contribution in [2.45, 2.75) is 65.1 Å². The molecule has 20 heavy (non-hydrogen) atoms. The van der Waals surface area contributed by atoms with Crippen LogP contribution in [0.25, 0.3) is 0 Å². The van der Waals surface area contributed by atoms with Gasteiger partial charge in [0.05, 0.1) is 5.60 Å². The van der Waals surface area contributed by atoms with Gasteiger partial charge in [-0.1, -0.05) is 32.6 Å². The Kier molecular flexibility index (Phi) is 6.00. The molecule has 0 aromatic heterocycles. The highest BCUT2D eigenvalue weighted by atomic mass is 16.5. The van der Waals surface area contributed by atoms with Crippen LogP contribution < -0.4 is 0 Å². The molecule has 0 fully saturated rings. The number of carbonyl (C=O) groups excluding carboxylic acids is 1. The number of ether oxygens (including phenoxy) is 1. The average molecular weight is 280 g/mol. The van der Waals surface area contributed by atoms with Gasteiger partial charge in [0.2, 0.25) is 0 Å². The molecule has 1 aliphatic rings. The summed E-state index contributed by atoms with van der Waals surface area (Å²) in [6, 6.07) is 0. The van der Waals surface area contributed by atoms with E-state index >= 15 is 0 Å². The second kappa shape index (κ2) is 7.07. The number of hydrogen-bond acceptors (Lipinski definition) is 3. The molecule has 1 rings (SSSR count). The molecule has 0 aromatic carbocycles. The molecule has 3 atom stereocenters. The first-order valence-corrected chi connectivity index (χ1v) is 7.48. The summed E-state index contributed by atoms with van der Waals surface area (Å²) in [5.74, 6) is 0.638. The first kappa shape index (κ1) is 17.0. The molecule has 3 heteroatoms. The summed E-state index contributed by atoms with van der Waals surface area (Å²) in [5.41, 5.74) is 0.0975. The monoisotopic (exact) mass is 280 g/mol. The van der Waals surface area contributed by atoms with Gasteiger partial charge in [0.15, 0.2) is 0 Å². The molecule has 114 valence electrons. The topological polar surface area (TPSA) is 46.5 Å². The third kappa shape index (κ3) is 5.49. The van der Waals surface area contributed by atoms with Crippen LogP contribution in [-0.4, -0.2) is 22.8 Å². The Morgan fingerprint density at radius 2 is 2.15 bits per heavy atom. The lowest BCUT2D eigenvalue weighted by Gasteiger charge is -2.28. The number of hydrogen-bond donors (Lipinski definition) is 1. The van der Waals surface area contributed by atoms with Crippen LogP contribution in [0, 0.1) is 11.8 Å². The molecule has 0 radical (unpaired) electrons. The van der Waals surface area contributed by atoms with Crippen molar-refractivity contribution in [3.05, 3.63) is 24.3 Å². The van der Waals surface area contributed by atoms with Crippen LogP contribution >= 0.6 is 0 Å². The Bertz CT molecular complexity index is 380. The zero-order valence-electron chi connectivity index (χ0n) is 13.2. The summed E-state index contributed by atoms with van der Waals surface area (Å²) in [4.78, 5) is 11.2. The van der Waals surface area contributed by atoms with Gasteiger partial charge in [-0.2, -0.15) is 0 Å². The quantitative estimate of drug-likeness (QED) is 0.620. The van der Waals surface area contributed by atoms with E-state index < -0.39 is 5.60 Å². The van der Waals surface area contributed by atoms with E-state index in [-0.39, 0.29) is 12.1 Å². The van der Waals surface area contributed by atoms with Gasteiger partial charge >= 0.3 is 5.97 Å². The number of allylic oxidation sites excluding steroid dienone is 1. The van der Waals surface area contributed by atoms with Crippen molar-refractivity contribution < 1.29 is 14.6 Å². The van der Waals surface area contributed by atoms with Gasteiger partial charge in [-0.3, -0.25) is 4.79 Å². The van der Waals surface area contributed by atoms with Crippen molar-refractivity contribution in [3.8, 4) is 0 Å². The maximum atomic E-state index is 11.2. The lowest BCUT2D eigenvalue weighted by Crippen LogP contribution is -2.28. The Labute approximate surface area is 122 Å². The average Bonchev–Trinajstić information content (AvgIpc) is 2.32. The normalized spacial score (nSPS) is 32.2. The molecule has 1 N–H and O–H groups in total. The van der Waals surface area contributed by atoms with Crippen LogP contribution in [0.4, 0.5) is 0 Å². The van der Waals surface area contributed by atoms with Gasteiger partial charge in [-0.05, 0) is 50.0 Å². The van der Waals surface area contributed by atoms with Crippen molar-refractivity contribution in [1.29, 1.82) is 0 Å². The molecule has 0 bridgehead atoms. The molecular weight excluding hydrogens is 252 g/mol. The molecule has 0 saturated heterocycles. The molecular formula is C17H28O3. The summed E-state index contributed by atoms with van der Waals surface area (Å²) >= 11 is 0. The zero-order chi connectivity index (χ0) is 15.3. The van der Waals surface area contributed by atoms with E-state index in [1.165, 1.54) is 6.92 Å². The molecule has 3 nitrogen and oxygen atoms in total. The fourth-order valence-corrected chi connectivity index (χ4v) is 2.55. The van der Waals surface area contributed by atoms with Crippen molar-refractivity contribution in [3.63, 3.8) is 0 Å². The number of rotatable bonds is 2. The molecule has 0 saturated carbocycles. The third-order valence-electron chi connectivity index (χ3n) is 4.03. The lowest BCUT2D eigenvalue weighted by molar-refractivity contribution is -0.145. The van der Waals surface area contributed by atoms with Gasteiger partial charge in [0.25, 0.3) is 0 Å². The first-order chi connectivity index (χ1) is 9.21. The Morgan fingerprint density at radius 1 is 1.50 bits per heavy atom. The fraction of sp³-hybridized carbons (Fsp3) is 0.706. The Morgan fingerprint density at radius 3 is 2.70 bits per heavy atom. The van der Waals surface area contributed by atoms with Crippen molar-refractivity contribution in [2.75, 3.05) is 0 Å². The van der Waals surface area contributed by atoms with Crippen LogP contribution in [0.2, 0.25) is 0 Å².